The zero-order valence-electron chi connectivity index (χ0n) is 10.8. The molecule has 18 heavy (non-hydrogen) atoms. The van der Waals surface area contributed by atoms with Crippen molar-refractivity contribution >= 4 is 5.69 Å². The Labute approximate surface area is 106 Å². The molecule has 0 heterocycles. The lowest BCUT2D eigenvalue weighted by molar-refractivity contribution is -0.386. The number of hydrogen-bond donors (Lipinski definition) is 1. The Morgan fingerprint density at radius 3 is 2.78 bits per heavy atom. The molecule has 0 spiro atoms. The zero-order valence-corrected chi connectivity index (χ0v) is 10.8. The third-order valence-electron chi connectivity index (χ3n) is 2.33. The summed E-state index contributed by atoms with van der Waals surface area (Å²) in [5.74, 6) is 0.268. The fourth-order valence-electron chi connectivity index (χ4n) is 1.60. The molecule has 0 saturated heterocycles. The van der Waals surface area contributed by atoms with Crippen LogP contribution in [0.5, 0.6) is 5.75 Å². The third-order valence-corrected chi connectivity index (χ3v) is 2.33. The minimum atomic E-state index is -0.436. The normalized spacial score (nSPS) is 12.2. The fourth-order valence-corrected chi connectivity index (χ4v) is 1.60. The molecule has 1 N–H and O–H groups in total. The van der Waals surface area contributed by atoms with Gasteiger partial charge in [-0.2, -0.15) is 0 Å². The molecule has 100 valence electrons. The summed E-state index contributed by atoms with van der Waals surface area (Å²) >= 11 is 0. The number of nitro benzene ring substituents is 1. The molecule has 6 nitrogen and oxygen atoms in total. The van der Waals surface area contributed by atoms with Gasteiger partial charge in [0.25, 0.3) is 0 Å². The van der Waals surface area contributed by atoms with Gasteiger partial charge in [-0.1, -0.05) is 6.07 Å². The molecule has 0 radical (unpaired) electrons. The number of rotatable bonds is 7. The monoisotopic (exact) mass is 254 g/mol. The second-order valence-corrected chi connectivity index (χ2v) is 3.97. The van der Waals surface area contributed by atoms with Crippen LogP contribution in [0.15, 0.2) is 18.2 Å². The lowest BCUT2D eigenvalue weighted by Gasteiger charge is -2.14. The van der Waals surface area contributed by atoms with E-state index in [1.54, 1.807) is 33.2 Å². The van der Waals surface area contributed by atoms with Crippen LogP contribution in [0.4, 0.5) is 5.69 Å². The van der Waals surface area contributed by atoms with Crippen molar-refractivity contribution in [3.05, 3.63) is 33.9 Å². The van der Waals surface area contributed by atoms with Crippen LogP contribution in [0.2, 0.25) is 0 Å². The molecule has 1 atom stereocenters. The van der Waals surface area contributed by atoms with E-state index in [-0.39, 0.29) is 17.5 Å². The van der Waals surface area contributed by atoms with Gasteiger partial charge in [0.1, 0.15) is 6.10 Å². The molecule has 0 bridgehead atoms. The molecule has 0 saturated carbocycles. The van der Waals surface area contributed by atoms with E-state index in [9.17, 15) is 10.1 Å². The molecule has 0 aliphatic carbocycles. The highest BCUT2D eigenvalue weighted by atomic mass is 16.6. The van der Waals surface area contributed by atoms with Crippen LogP contribution in [0.25, 0.3) is 0 Å². The Balaban J connectivity index is 2.93. The highest BCUT2D eigenvalue weighted by molar-refractivity contribution is 5.48. The smallest absolute Gasteiger partial charge is 0.311 e. The standard InChI is InChI=1S/C12H18N2O4/c1-9(8-17-3)18-12-5-4-10(7-13-2)6-11(12)14(15)16/h4-6,9,13H,7-8H2,1-3H3. The summed E-state index contributed by atoms with van der Waals surface area (Å²) < 4.78 is 10.4. The van der Waals surface area contributed by atoms with E-state index in [2.05, 4.69) is 5.32 Å². The van der Waals surface area contributed by atoms with Gasteiger partial charge in [-0.25, -0.2) is 0 Å². The maximum Gasteiger partial charge on any atom is 0.311 e. The highest BCUT2D eigenvalue weighted by Gasteiger charge is 2.17. The van der Waals surface area contributed by atoms with Gasteiger partial charge in [0.05, 0.1) is 11.5 Å². The molecule has 0 fully saturated rings. The second-order valence-electron chi connectivity index (χ2n) is 3.97. The van der Waals surface area contributed by atoms with Crippen LogP contribution < -0.4 is 10.1 Å². The Kier molecular flexibility index (Phi) is 5.54. The minimum Gasteiger partial charge on any atom is -0.481 e. The van der Waals surface area contributed by atoms with Crippen molar-refractivity contribution in [3.63, 3.8) is 0 Å². The van der Waals surface area contributed by atoms with Crippen molar-refractivity contribution in [1.82, 2.24) is 5.32 Å². The van der Waals surface area contributed by atoms with Crippen molar-refractivity contribution in [2.24, 2.45) is 0 Å². The largest absolute Gasteiger partial charge is 0.481 e. The lowest BCUT2D eigenvalue weighted by atomic mass is 10.2. The van der Waals surface area contributed by atoms with Gasteiger partial charge in [0.2, 0.25) is 0 Å². The molecule has 0 amide bonds. The predicted octanol–water partition coefficient (Wildman–Crippen LogP) is 1.73. The van der Waals surface area contributed by atoms with Crippen LogP contribution >= 0.6 is 0 Å². The summed E-state index contributed by atoms with van der Waals surface area (Å²) in [5.41, 5.74) is 0.821. The first kappa shape index (κ1) is 14.4. The quantitative estimate of drug-likeness (QED) is 0.592. The maximum absolute atomic E-state index is 11.0. The first-order valence-electron chi connectivity index (χ1n) is 5.66. The minimum absolute atomic E-state index is 0.0225. The Morgan fingerprint density at radius 2 is 2.22 bits per heavy atom. The number of nitrogens with zero attached hydrogens (tertiary/aromatic N) is 1. The number of hydrogen-bond acceptors (Lipinski definition) is 5. The van der Waals surface area contributed by atoms with Crippen molar-refractivity contribution in [3.8, 4) is 5.75 Å². The molecular formula is C12H18N2O4. The number of methoxy groups -OCH3 is 1. The maximum atomic E-state index is 11.0. The zero-order chi connectivity index (χ0) is 13.5. The van der Waals surface area contributed by atoms with E-state index in [0.29, 0.717) is 13.2 Å². The SMILES string of the molecule is CNCc1ccc(OC(C)COC)c([N+](=O)[O-])c1. The van der Waals surface area contributed by atoms with E-state index in [1.165, 1.54) is 6.07 Å². The predicted molar refractivity (Wildman–Crippen MR) is 67.8 cm³/mol. The molecule has 0 aliphatic heterocycles. The number of benzene rings is 1. The average Bonchev–Trinajstić information content (AvgIpc) is 2.31. The molecule has 1 aromatic rings. The topological polar surface area (TPSA) is 73.6 Å². The summed E-state index contributed by atoms with van der Waals surface area (Å²) in [6, 6.07) is 4.95. The van der Waals surface area contributed by atoms with Crippen molar-refractivity contribution < 1.29 is 14.4 Å². The van der Waals surface area contributed by atoms with E-state index in [4.69, 9.17) is 9.47 Å². The van der Waals surface area contributed by atoms with Crippen LogP contribution in [0.1, 0.15) is 12.5 Å². The molecule has 1 unspecified atom stereocenters. The van der Waals surface area contributed by atoms with Gasteiger partial charge < -0.3 is 14.8 Å². The van der Waals surface area contributed by atoms with Crippen LogP contribution in [0.3, 0.4) is 0 Å². The summed E-state index contributed by atoms with van der Waals surface area (Å²) in [6.45, 7) is 2.76. The molecule has 0 aliphatic rings. The van der Waals surface area contributed by atoms with E-state index in [0.717, 1.165) is 5.56 Å². The van der Waals surface area contributed by atoms with Crippen molar-refractivity contribution in [1.29, 1.82) is 0 Å². The van der Waals surface area contributed by atoms with E-state index >= 15 is 0 Å². The summed E-state index contributed by atoms with van der Waals surface area (Å²) in [5, 5.41) is 13.9. The molecule has 6 heteroatoms. The lowest BCUT2D eigenvalue weighted by Crippen LogP contribution is -2.18. The van der Waals surface area contributed by atoms with Gasteiger partial charge in [-0.05, 0) is 25.6 Å². The molecule has 0 aromatic heterocycles. The first-order valence-corrected chi connectivity index (χ1v) is 5.66. The van der Waals surface area contributed by atoms with Gasteiger partial charge in [0, 0.05) is 19.7 Å². The Morgan fingerprint density at radius 1 is 1.50 bits per heavy atom. The molecular weight excluding hydrogens is 236 g/mol. The van der Waals surface area contributed by atoms with Gasteiger partial charge >= 0.3 is 5.69 Å². The van der Waals surface area contributed by atoms with Crippen molar-refractivity contribution in [2.45, 2.75) is 19.6 Å². The van der Waals surface area contributed by atoms with Gasteiger partial charge in [-0.15, -0.1) is 0 Å². The van der Waals surface area contributed by atoms with Crippen LogP contribution in [-0.4, -0.2) is 31.8 Å². The van der Waals surface area contributed by atoms with Gasteiger partial charge in [-0.3, -0.25) is 10.1 Å². The molecule has 1 aromatic carbocycles. The second kappa shape index (κ2) is 6.93. The summed E-state index contributed by atoms with van der Waals surface area (Å²) in [7, 11) is 3.35. The number of ether oxygens (including phenoxy) is 2. The summed E-state index contributed by atoms with van der Waals surface area (Å²) in [6.07, 6.45) is -0.233. The Bertz CT molecular complexity index is 409. The van der Waals surface area contributed by atoms with Crippen LogP contribution in [0, 0.1) is 10.1 Å². The van der Waals surface area contributed by atoms with Crippen LogP contribution in [-0.2, 0) is 11.3 Å². The van der Waals surface area contributed by atoms with Crippen molar-refractivity contribution in [2.75, 3.05) is 20.8 Å². The highest BCUT2D eigenvalue weighted by Crippen LogP contribution is 2.28. The fraction of sp³-hybridized carbons (Fsp3) is 0.500. The molecule has 1 rings (SSSR count). The average molecular weight is 254 g/mol. The summed E-state index contributed by atoms with van der Waals surface area (Å²) in [4.78, 5) is 10.6. The third kappa shape index (κ3) is 3.97. The van der Waals surface area contributed by atoms with E-state index in [1.807, 2.05) is 0 Å². The Hall–Kier alpha value is -1.66. The first-order chi connectivity index (χ1) is 8.58. The number of nitrogens with one attached hydrogen (secondary N) is 1. The number of nitro groups is 1. The van der Waals surface area contributed by atoms with Gasteiger partial charge in [0.15, 0.2) is 5.75 Å². The van der Waals surface area contributed by atoms with E-state index < -0.39 is 4.92 Å².